The van der Waals surface area contributed by atoms with Crippen LogP contribution < -0.4 is 20.7 Å². The third kappa shape index (κ3) is 12.7. The molecule has 2 aliphatic heterocycles. The van der Waals surface area contributed by atoms with Crippen LogP contribution in [0, 0.1) is 11.8 Å². The standard InChI is InChI=1S/2C27H38O4Si/c2*1-6-7-14-22-19-26(30-21(2)28)31-25(22)20-29-32(27(3,4)5,23-15-10-8-11-16-23)24-17-12-9-13-18-24/h2*8-13,15-18,22,25-26H,6-7,14,19-20H2,1-5H3/t22-,25+,26+;22-,25+,26-/m00/s1. The molecule has 4 aromatic rings. The molecule has 0 aromatic heterocycles. The van der Waals surface area contributed by atoms with Crippen molar-refractivity contribution in [2.45, 2.75) is 155 Å². The van der Waals surface area contributed by atoms with Gasteiger partial charge in [-0.15, -0.1) is 0 Å². The molecular formula is C54H76O8Si2. The summed E-state index contributed by atoms with van der Waals surface area (Å²) in [5.74, 6) is 0.0746. The smallest absolute Gasteiger partial charge is 0.304 e. The predicted octanol–water partition coefficient (Wildman–Crippen LogP) is 10.1. The van der Waals surface area contributed by atoms with E-state index >= 15 is 0 Å². The Morgan fingerprint density at radius 2 is 0.797 bits per heavy atom. The molecule has 8 nitrogen and oxygen atoms in total. The Kier molecular flexibility index (Phi) is 18.8. The molecule has 6 rings (SSSR count). The van der Waals surface area contributed by atoms with Crippen LogP contribution in [0.15, 0.2) is 121 Å². The van der Waals surface area contributed by atoms with E-state index in [1.54, 1.807) is 0 Å². The monoisotopic (exact) mass is 909 g/mol. The number of carbonyl (C=O) groups excluding carboxylic acids is 2. The second kappa shape index (κ2) is 23.5. The molecule has 0 amide bonds. The van der Waals surface area contributed by atoms with Crippen molar-refractivity contribution < 1.29 is 37.4 Å². The van der Waals surface area contributed by atoms with Crippen LogP contribution in [-0.4, -0.2) is 66.6 Å². The molecule has 348 valence electrons. The largest absolute Gasteiger partial charge is 0.436 e. The van der Waals surface area contributed by atoms with Gasteiger partial charge in [-0.2, -0.15) is 0 Å². The van der Waals surface area contributed by atoms with Crippen LogP contribution in [0.5, 0.6) is 0 Å². The molecular weight excluding hydrogens is 833 g/mol. The van der Waals surface area contributed by atoms with E-state index in [2.05, 4.69) is 177 Å². The van der Waals surface area contributed by atoms with Gasteiger partial charge in [0.05, 0.1) is 25.4 Å². The number of hydrogen-bond acceptors (Lipinski definition) is 8. The van der Waals surface area contributed by atoms with Gasteiger partial charge < -0.3 is 27.8 Å². The van der Waals surface area contributed by atoms with Crippen molar-refractivity contribution in [3.63, 3.8) is 0 Å². The lowest BCUT2D eigenvalue weighted by atomic mass is 9.95. The van der Waals surface area contributed by atoms with Crippen LogP contribution in [-0.2, 0) is 37.4 Å². The second-order valence-electron chi connectivity index (χ2n) is 19.7. The number of unbranched alkanes of at least 4 members (excludes halogenated alkanes) is 2. The van der Waals surface area contributed by atoms with Crippen molar-refractivity contribution in [2.75, 3.05) is 13.2 Å². The van der Waals surface area contributed by atoms with Gasteiger partial charge in [-0.1, -0.05) is 202 Å². The fraction of sp³-hybridized carbons (Fsp3) is 0.519. The summed E-state index contributed by atoms with van der Waals surface area (Å²) >= 11 is 0. The summed E-state index contributed by atoms with van der Waals surface area (Å²) in [5.41, 5.74) is 0. The number of benzene rings is 4. The summed E-state index contributed by atoms with van der Waals surface area (Å²) in [5, 5.41) is 4.89. The fourth-order valence-electron chi connectivity index (χ4n) is 9.87. The first-order valence-corrected chi connectivity index (χ1v) is 27.5. The van der Waals surface area contributed by atoms with E-state index in [1.165, 1.54) is 34.6 Å². The highest BCUT2D eigenvalue weighted by molar-refractivity contribution is 7.00. The van der Waals surface area contributed by atoms with E-state index in [4.69, 9.17) is 27.8 Å². The molecule has 2 heterocycles. The molecule has 0 spiro atoms. The maximum absolute atomic E-state index is 11.5. The van der Waals surface area contributed by atoms with Crippen LogP contribution in [0.2, 0.25) is 10.1 Å². The highest BCUT2D eigenvalue weighted by Crippen LogP contribution is 2.40. The van der Waals surface area contributed by atoms with Crippen LogP contribution >= 0.6 is 0 Å². The van der Waals surface area contributed by atoms with E-state index in [1.807, 2.05) is 0 Å². The first kappa shape index (κ1) is 51.1. The summed E-state index contributed by atoms with van der Waals surface area (Å²) in [7, 11) is -5.24. The third-order valence-corrected chi connectivity index (χ3v) is 22.9. The Labute approximate surface area is 387 Å². The Morgan fingerprint density at radius 3 is 1.03 bits per heavy atom. The minimum absolute atomic E-state index is 0.0763. The lowest BCUT2D eigenvalue weighted by Gasteiger charge is -2.43. The van der Waals surface area contributed by atoms with Crippen molar-refractivity contribution in [3.05, 3.63) is 121 Å². The van der Waals surface area contributed by atoms with Gasteiger partial charge in [-0.25, -0.2) is 0 Å². The summed E-state index contributed by atoms with van der Waals surface area (Å²) in [6, 6.07) is 42.7. The number of rotatable bonds is 18. The lowest BCUT2D eigenvalue weighted by Crippen LogP contribution is -2.67. The molecule has 0 unspecified atom stereocenters. The van der Waals surface area contributed by atoms with E-state index in [-0.39, 0.29) is 34.2 Å². The van der Waals surface area contributed by atoms with Gasteiger partial charge in [0.1, 0.15) is 0 Å². The lowest BCUT2D eigenvalue weighted by molar-refractivity contribution is -0.175. The van der Waals surface area contributed by atoms with Crippen molar-refractivity contribution in [3.8, 4) is 0 Å². The topological polar surface area (TPSA) is 89.5 Å². The van der Waals surface area contributed by atoms with Gasteiger partial charge in [0, 0.05) is 26.7 Å². The van der Waals surface area contributed by atoms with Crippen molar-refractivity contribution in [2.24, 2.45) is 11.8 Å². The minimum Gasteiger partial charge on any atom is -0.436 e. The molecule has 4 aromatic carbocycles. The summed E-state index contributed by atoms with van der Waals surface area (Å²) in [6.07, 6.45) is 7.06. The number of hydrogen-bond donors (Lipinski definition) is 0. The van der Waals surface area contributed by atoms with Gasteiger partial charge >= 0.3 is 11.9 Å². The Morgan fingerprint density at radius 1 is 0.516 bits per heavy atom. The average Bonchev–Trinajstić information content (AvgIpc) is 3.84. The zero-order valence-corrected chi connectivity index (χ0v) is 42.3. The van der Waals surface area contributed by atoms with E-state index in [0.717, 1.165) is 51.4 Å². The average molecular weight is 909 g/mol. The van der Waals surface area contributed by atoms with Crippen molar-refractivity contribution in [1.82, 2.24) is 0 Å². The zero-order chi connectivity index (χ0) is 46.4. The molecule has 0 bridgehead atoms. The number of esters is 2. The summed E-state index contributed by atoms with van der Waals surface area (Å²) < 4.78 is 37.4. The molecule has 0 N–H and O–H groups in total. The van der Waals surface area contributed by atoms with Gasteiger partial charge in [0.15, 0.2) is 0 Å². The fourth-order valence-corrected chi connectivity index (χ4v) is 19.0. The Bertz CT molecular complexity index is 1760. The molecule has 0 saturated carbocycles. The normalized spacial score (nSPS) is 21.5. The Hall–Kier alpha value is -3.91. The second-order valence-corrected chi connectivity index (χ2v) is 28.3. The van der Waals surface area contributed by atoms with Crippen LogP contribution in [0.1, 0.15) is 121 Å². The number of ether oxygens (including phenoxy) is 4. The van der Waals surface area contributed by atoms with E-state index < -0.39 is 29.2 Å². The molecule has 0 radical (unpaired) electrons. The minimum atomic E-state index is -2.62. The van der Waals surface area contributed by atoms with Crippen LogP contribution in [0.25, 0.3) is 0 Å². The van der Waals surface area contributed by atoms with Crippen LogP contribution in [0.4, 0.5) is 0 Å². The molecule has 2 saturated heterocycles. The van der Waals surface area contributed by atoms with Gasteiger partial charge in [-0.3, -0.25) is 9.59 Å². The predicted molar refractivity (Wildman–Crippen MR) is 263 cm³/mol. The first-order valence-electron chi connectivity index (χ1n) is 23.7. The SMILES string of the molecule is CCCC[C@H]1C[C@@H](OC(C)=O)O[C@@H]1CO[Si](c1ccccc1)(c1ccccc1)C(C)(C)C.CCCC[C@H]1C[C@H](OC(C)=O)O[C@@H]1CO[Si](c1ccccc1)(c1ccccc1)C(C)(C)C. The maximum Gasteiger partial charge on any atom is 0.304 e. The molecule has 2 aliphatic rings. The molecule has 2 fully saturated rings. The summed E-state index contributed by atoms with van der Waals surface area (Å²) in [6.45, 7) is 22.0. The maximum atomic E-state index is 11.5. The van der Waals surface area contributed by atoms with E-state index in [9.17, 15) is 9.59 Å². The van der Waals surface area contributed by atoms with Gasteiger partial charge in [0.2, 0.25) is 12.6 Å². The van der Waals surface area contributed by atoms with Gasteiger partial charge in [0.25, 0.3) is 16.6 Å². The molecule has 0 aliphatic carbocycles. The zero-order valence-electron chi connectivity index (χ0n) is 40.3. The van der Waals surface area contributed by atoms with Crippen molar-refractivity contribution >= 4 is 49.3 Å². The first-order chi connectivity index (χ1) is 30.6. The highest BCUT2D eigenvalue weighted by atomic mass is 28.4. The Balaban J connectivity index is 0.000000241. The van der Waals surface area contributed by atoms with Crippen LogP contribution in [0.3, 0.4) is 0 Å². The van der Waals surface area contributed by atoms with Crippen molar-refractivity contribution in [1.29, 1.82) is 0 Å². The molecule has 64 heavy (non-hydrogen) atoms. The molecule has 6 atom stereocenters. The third-order valence-electron chi connectivity index (χ3n) is 12.9. The molecule has 10 heteroatoms. The van der Waals surface area contributed by atoms with E-state index in [0.29, 0.717) is 25.0 Å². The highest BCUT2D eigenvalue weighted by Gasteiger charge is 2.53. The number of carbonyl (C=O) groups is 2. The van der Waals surface area contributed by atoms with Gasteiger partial charge in [-0.05, 0) is 55.5 Å². The quantitative estimate of drug-likeness (QED) is 0.0721. The summed E-state index contributed by atoms with van der Waals surface area (Å²) in [4.78, 5) is 23.0.